The van der Waals surface area contributed by atoms with Gasteiger partial charge < -0.3 is 37.1 Å². The SMILES string of the molecule is P.[Cl-].[Cl-].[NH4+].[NH4+].c1ccncc1. The van der Waals surface area contributed by atoms with Crippen LogP contribution in [0.5, 0.6) is 0 Å². The molecule has 1 aromatic heterocycles. The van der Waals surface area contributed by atoms with E-state index in [-0.39, 0.29) is 47.0 Å². The highest BCUT2D eigenvalue weighted by Gasteiger charge is 1.58. The van der Waals surface area contributed by atoms with Crippen LogP contribution in [0.4, 0.5) is 0 Å². The minimum Gasteiger partial charge on any atom is -1.00 e. The number of pyridine rings is 1. The third-order valence-corrected chi connectivity index (χ3v) is 0.566. The Bertz CT molecular complexity index is 91.7. The van der Waals surface area contributed by atoms with Crippen LogP contribution in [0.2, 0.25) is 0 Å². The van der Waals surface area contributed by atoms with E-state index in [0.29, 0.717) is 0 Å². The Labute approximate surface area is 83.0 Å². The maximum absolute atomic E-state index is 3.78. The van der Waals surface area contributed by atoms with E-state index in [2.05, 4.69) is 4.98 Å². The minimum absolute atomic E-state index is 0. The molecule has 1 aromatic rings. The molecule has 3 nitrogen and oxygen atoms in total. The van der Waals surface area contributed by atoms with Gasteiger partial charge in [0.1, 0.15) is 0 Å². The van der Waals surface area contributed by atoms with Gasteiger partial charge in [-0.15, -0.1) is 0 Å². The van der Waals surface area contributed by atoms with Gasteiger partial charge in [0.25, 0.3) is 0 Å². The van der Waals surface area contributed by atoms with Gasteiger partial charge in [-0.25, -0.2) is 0 Å². The minimum atomic E-state index is 0. The molecule has 0 aliphatic heterocycles. The Morgan fingerprint density at radius 2 is 1.09 bits per heavy atom. The van der Waals surface area contributed by atoms with Gasteiger partial charge >= 0.3 is 0 Å². The van der Waals surface area contributed by atoms with E-state index >= 15 is 0 Å². The van der Waals surface area contributed by atoms with Crippen molar-refractivity contribution in [3.05, 3.63) is 30.6 Å². The molecule has 0 spiro atoms. The molecule has 1 unspecified atom stereocenters. The first-order valence-electron chi connectivity index (χ1n) is 1.85. The highest BCUT2D eigenvalue weighted by molar-refractivity contribution is 6.92. The Balaban J connectivity index is -0.0000000240. The van der Waals surface area contributed by atoms with Crippen molar-refractivity contribution in [1.82, 2.24) is 17.3 Å². The Kier molecular flexibility index (Phi) is 62.2. The van der Waals surface area contributed by atoms with E-state index in [1.54, 1.807) is 12.4 Å². The van der Waals surface area contributed by atoms with E-state index in [4.69, 9.17) is 0 Å². The first-order chi connectivity index (χ1) is 3.00. The number of halogens is 2. The van der Waals surface area contributed by atoms with Gasteiger partial charge in [-0.1, -0.05) is 6.07 Å². The summed E-state index contributed by atoms with van der Waals surface area (Å²) in [5.41, 5.74) is 0. The van der Waals surface area contributed by atoms with Gasteiger partial charge in [0.15, 0.2) is 0 Å². The number of hydrogen-bond donors (Lipinski definition) is 2. The van der Waals surface area contributed by atoms with Crippen LogP contribution in [-0.2, 0) is 0 Å². The lowest BCUT2D eigenvalue weighted by molar-refractivity contribution is -0.001000. The van der Waals surface area contributed by atoms with Gasteiger partial charge in [0, 0.05) is 12.4 Å². The standard InChI is InChI=1S/C5H5N.2ClH.2H3N.H3P/c1-2-4-6-5-3-1;;;;;/h1-5H;2*1H;3*1H3. The molecule has 0 bridgehead atoms. The van der Waals surface area contributed by atoms with Crippen molar-refractivity contribution in [3.63, 3.8) is 0 Å². The lowest BCUT2D eigenvalue weighted by Gasteiger charge is -1.70. The molecule has 1 heterocycles. The van der Waals surface area contributed by atoms with Gasteiger partial charge in [-0.05, 0) is 12.1 Å². The van der Waals surface area contributed by atoms with E-state index in [0.717, 1.165) is 0 Å². The summed E-state index contributed by atoms with van der Waals surface area (Å²) in [5.74, 6) is 0. The first kappa shape index (κ1) is 30.5. The van der Waals surface area contributed by atoms with Crippen molar-refractivity contribution < 1.29 is 24.8 Å². The third kappa shape index (κ3) is 17.8. The van der Waals surface area contributed by atoms with Crippen molar-refractivity contribution in [2.75, 3.05) is 0 Å². The second-order valence-corrected chi connectivity index (χ2v) is 1.02. The Morgan fingerprint density at radius 3 is 1.18 bits per heavy atom. The van der Waals surface area contributed by atoms with Crippen molar-refractivity contribution in [1.29, 1.82) is 0 Å². The zero-order valence-corrected chi connectivity index (χ0v) is 9.72. The fourth-order valence-electron chi connectivity index (χ4n) is 0.313. The molecular formula is C5H16Cl2N3P. The van der Waals surface area contributed by atoms with Gasteiger partial charge in [0.05, 0.1) is 0 Å². The molecule has 11 heavy (non-hydrogen) atoms. The number of quaternary nitrogens is 2. The lowest BCUT2D eigenvalue weighted by Crippen LogP contribution is -3.00. The number of rotatable bonds is 0. The average molecular weight is 220 g/mol. The second kappa shape index (κ2) is 22.5. The van der Waals surface area contributed by atoms with E-state index in [1.807, 2.05) is 18.2 Å². The Morgan fingerprint density at radius 1 is 0.727 bits per heavy atom. The summed E-state index contributed by atoms with van der Waals surface area (Å²) in [7, 11) is 0. The zero-order chi connectivity index (χ0) is 4.24. The van der Waals surface area contributed by atoms with Gasteiger partial charge in [-0.2, -0.15) is 9.90 Å². The molecule has 8 N–H and O–H groups in total. The fraction of sp³-hybridized carbons (Fsp3) is 0. The summed E-state index contributed by atoms with van der Waals surface area (Å²) in [6, 6.07) is 5.72. The average Bonchev–Trinajstić information content (AvgIpc) is 1.72. The summed E-state index contributed by atoms with van der Waals surface area (Å²) in [4.78, 5) is 3.78. The van der Waals surface area contributed by atoms with Crippen LogP contribution in [0.1, 0.15) is 0 Å². The quantitative estimate of drug-likeness (QED) is 0.428. The fourth-order valence-corrected chi connectivity index (χ4v) is 0.313. The van der Waals surface area contributed by atoms with Crippen LogP contribution in [0, 0.1) is 0 Å². The molecule has 0 saturated carbocycles. The van der Waals surface area contributed by atoms with Crippen LogP contribution in [0.15, 0.2) is 30.6 Å². The van der Waals surface area contributed by atoms with E-state index in [9.17, 15) is 0 Å². The van der Waals surface area contributed by atoms with Crippen LogP contribution in [0.3, 0.4) is 0 Å². The largest absolute Gasteiger partial charge is 1.00 e. The number of nitrogens with zero attached hydrogens (tertiary/aromatic N) is 1. The zero-order valence-electron chi connectivity index (χ0n) is 6.80. The third-order valence-electron chi connectivity index (χ3n) is 0.566. The normalized spacial score (nSPS) is 4.36. The molecule has 0 fully saturated rings. The highest BCUT2D eigenvalue weighted by atomic mass is 35.5. The molecular weight excluding hydrogens is 204 g/mol. The summed E-state index contributed by atoms with van der Waals surface area (Å²) in [6.45, 7) is 0. The predicted molar refractivity (Wildman–Crippen MR) is 47.3 cm³/mol. The molecule has 0 aliphatic carbocycles. The van der Waals surface area contributed by atoms with Crippen molar-refractivity contribution in [2.24, 2.45) is 0 Å². The first-order valence-corrected chi connectivity index (χ1v) is 1.85. The summed E-state index contributed by atoms with van der Waals surface area (Å²) in [5, 5.41) is 0. The van der Waals surface area contributed by atoms with E-state index in [1.165, 1.54) is 0 Å². The summed E-state index contributed by atoms with van der Waals surface area (Å²) < 4.78 is 0. The highest BCUT2D eigenvalue weighted by Crippen LogP contribution is 1.73. The summed E-state index contributed by atoms with van der Waals surface area (Å²) >= 11 is 0. The van der Waals surface area contributed by atoms with E-state index < -0.39 is 0 Å². The molecule has 0 saturated heterocycles. The molecule has 0 radical (unpaired) electrons. The Hall–Kier alpha value is 0.0800. The lowest BCUT2D eigenvalue weighted by atomic mass is 10.5. The molecule has 0 aliphatic rings. The molecule has 70 valence electrons. The molecule has 1 rings (SSSR count). The predicted octanol–water partition coefficient (Wildman–Crippen LogP) is -4.10. The van der Waals surface area contributed by atoms with Crippen LogP contribution < -0.4 is 37.1 Å². The maximum Gasteiger partial charge on any atom is 0.0267 e. The molecule has 6 heteroatoms. The number of hydrogen-bond acceptors (Lipinski definition) is 1. The molecule has 0 amide bonds. The van der Waals surface area contributed by atoms with Crippen molar-refractivity contribution in [2.45, 2.75) is 0 Å². The maximum atomic E-state index is 3.78. The van der Waals surface area contributed by atoms with Crippen molar-refractivity contribution in [3.8, 4) is 0 Å². The molecule has 0 aromatic carbocycles. The van der Waals surface area contributed by atoms with Gasteiger partial charge in [-0.3, -0.25) is 4.98 Å². The summed E-state index contributed by atoms with van der Waals surface area (Å²) in [6.07, 6.45) is 3.50. The molecule has 1 atom stereocenters. The topological polar surface area (TPSA) is 85.9 Å². The van der Waals surface area contributed by atoms with Crippen molar-refractivity contribution >= 4 is 9.90 Å². The van der Waals surface area contributed by atoms with Gasteiger partial charge in [0.2, 0.25) is 0 Å². The second-order valence-electron chi connectivity index (χ2n) is 1.02. The van der Waals surface area contributed by atoms with Crippen LogP contribution in [0.25, 0.3) is 0 Å². The number of aromatic nitrogens is 1. The smallest absolute Gasteiger partial charge is 0.0267 e. The van der Waals surface area contributed by atoms with Crippen LogP contribution >= 0.6 is 9.90 Å². The monoisotopic (exact) mass is 219 g/mol. The van der Waals surface area contributed by atoms with Crippen LogP contribution in [-0.4, -0.2) is 4.98 Å².